The van der Waals surface area contributed by atoms with Crippen molar-refractivity contribution in [2.45, 2.75) is 46.8 Å². The van der Waals surface area contributed by atoms with Crippen LogP contribution in [0.4, 0.5) is 10.3 Å². The predicted octanol–water partition coefficient (Wildman–Crippen LogP) is 4.18. The first-order chi connectivity index (χ1) is 14.4. The summed E-state index contributed by atoms with van der Waals surface area (Å²) in [5.41, 5.74) is 2.49. The van der Waals surface area contributed by atoms with Gasteiger partial charge in [0.15, 0.2) is 0 Å². The molecule has 0 aliphatic carbocycles. The van der Waals surface area contributed by atoms with Crippen molar-refractivity contribution in [2.75, 3.05) is 44.8 Å². The second-order valence-electron chi connectivity index (χ2n) is 8.02. The van der Waals surface area contributed by atoms with Gasteiger partial charge in [0.25, 0.3) is 0 Å². The van der Waals surface area contributed by atoms with Crippen molar-refractivity contribution >= 4 is 5.88 Å². The molecule has 1 aromatic carbocycles. The number of hydrogen-bond acceptors (Lipinski definition) is 6. The first-order valence-corrected chi connectivity index (χ1v) is 10.8. The Morgan fingerprint density at radius 2 is 1.83 bits per heavy atom. The van der Waals surface area contributed by atoms with Gasteiger partial charge in [-0.05, 0) is 57.0 Å². The molecule has 0 saturated carbocycles. The minimum atomic E-state index is -0.576. The third kappa shape index (κ3) is 6.79. The van der Waals surface area contributed by atoms with Crippen molar-refractivity contribution < 1.29 is 18.8 Å². The third-order valence-corrected chi connectivity index (χ3v) is 5.17. The lowest BCUT2D eigenvalue weighted by Crippen LogP contribution is -2.36. The highest BCUT2D eigenvalue weighted by atomic mass is 19.1. The van der Waals surface area contributed by atoms with Crippen molar-refractivity contribution in [1.29, 1.82) is 0 Å². The van der Waals surface area contributed by atoms with Gasteiger partial charge < -0.3 is 19.3 Å². The number of methoxy groups -OCH3 is 1. The molecule has 6 nitrogen and oxygen atoms in total. The summed E-state index contributed by atoms with van der Waals surface area (Å²) in [5, 5.41) is 14.7. The maximum absolute atomic E-state index is 13.4. The molecule has 1 atom stereocenters. The van der Waals surface area contributed by atoms with E-state index >= 15 is 0 Å². The summed E-state index contributed by atoms with van der Waals surface area (Å²) in [6, 6.07) is 6.31. The normalized spacial score (nSPS) is 12.7. The van der Waals surface area contributed by atoms with Gasteiger partial charge >= 0.3 is 0 Å². The standard InChI is InChI=1S/C23H36FN3O3/c1-6-27(7-2)23-21(22(25-30-23)18-8-10-19(24)11-9-18)15-26(13-12-17(3)4)14-20(28)16-29-5/h8-11,17,20,28H,6-7,12-16H2,1-5H3/t20-/m1/s1. The largest absolute Gasteiger partial charge is 0.389 e. The zero-order valence-electron chi connectivity index (χ0n) is 18.9. The Bertz CT molecular complexity index is 745. The van der Waals surface area contributed by atoms with Crippen LogP contribution in [0.5, 0.6) is 0 Å². The topological polar surface area (TPSA) is 62.0 Å². The first-order valence-electron chi connectivity index (χ1n) is 10.8. The summed E-state index contributed by atoms with van der Waals surface area (Å²) in [4.78, 5) is 4.35. The van der Waals surface area contributed by atoms with Crippen LogP contribution < -0.4 is 4.90 Å². The van der Waals surface area contributed by atoms with Gasteiger partial charge in [0.2, 0.25) is 5.88 Å². The lowest BCUT2D eigenvalue weighted by atomic mass is 10.1. The minimum Gasteiger partial charge on any atom is -0.389 e. The summed E-state index contributed by atoms with van der Waals surface area (Å²) >= 11 is 0. The van der Waals surface area contributed by atoms with E-state index in [-0.39, 0.29) is 12.4 Å². The van der Waals surface area contributed by atoms with Gasteiger partial charge in [-0.3, -0.25) is 4.90 Å². The number of ether oxygens (including phenoxy) is 1. The smallest absolute Gasteiger partial charge is 0.232 e. The molecule has 0 radical (unpaired) electrons. The summed E-state index contributed by atoms with van der Waals surface area (Å²) in [5.74, 6) is 0.998. The molecule has 30 heavy (non-hydrogen) atoms. The Morgan fingerprint density at radius 3 is 2.40 bits per heavy atom. The maximum atomic E-state index is 13.4. The van der Waals surface area contributed by atoms with Crippen LogP contribution in [0.25, 0.3) is 11.3 Å². The first kappa shape index (κ1) is 24.3. The predicted molar refractivity (Wildman–Crippen MR) is 118 cm³/mol. The van der Waals surface area contributed by atoms with Crippen molar-refractivity contribution in [3.05, 3.63) is 35.6 Å². The second-order valence-corrected chi connectivity index (χ2v) is 8.02. The van der Waals surface area contributed by atoms with E-state index in [4.69, 9.17) is 9.26 Å². The zero-order chi connectivity index (χ0) is 22.1. The van der Waals surface area contributed by atoms with Gasteiger partial charge in [0, 0.05) is 38.9 Å². The van der Waals surface area contributed by atoms with Crippen LogP contribution >= 0.6 is 0 Å². The molecule has 2 aromatic rings. The van der Waals surface area contributed by atoms with E-state index in [0.717, 1.165) is 43.1 Å². The van der Waals surface area contributed by atoms with Crippen molar-refractivity contribution in [1.82, 2.24) is 10.1 Å². The second kappa shape index (κ2) is 12.0. The molecular formula is C23H36FN3O3. The van der Waals surface area contributed by atoms with Crippen LogP contribution in [-0.4, -0.2) is 61.2 Å². The van der Waals surface area contributed by atoms with Crippen LogP contribution in [-0.2, 0) is 11.3 Å². The van der Waals surface area contributed by atoms with Gasteiger partial charge in [-0.25, -0.2) is 4.39 Å². The molecule has 0 aliphatic heterocycles. The average Bonchev–Trinajstić information content (AvgIpc) is 3.11. The minimum absolute atomic E-state index is 0.283. The molecule has 7 heteroatoms. The molecule has 168 valence electrons. The molecule has 0 fully saturated rings. The van der Waals surface area contributed by atoms with Crippen LogP contribution in [0, 0.1) is 11.7 Å². The molecular weight excluding hydrogens is 385 g/mol. The maximum Gasteiger partial charge on any atom is 0.232 e. The summed E-state index contributed by atoms with van der Waals surface area (Å²) in [7, 11) is 1.59. The van der Waals surface area contributed by atoms with Gasteiger partial charge in [-0.1, -0.05) is 19.0 Å². The fourth-order valence-corrected chi connectivity index (χ4v) is 3.48. The number of halogens is 1. The number of nitrogens with zero attached hydrogens (tertiary/aromatic N) is 3. The van der Waals surface area contributed by atoms with Crippen LogP contribution in [0.15, 0.2) is 28.8 Å². The Kier molecular flexibility index (Phi) is 9.75. The molecule has 0 spiro atoms. The number of hydrogen-bond donors (Lipinski definition) is 1. The van der Waals surface area contributed by atoms with Gasteiger partial charge in [0.05, 0.1) is 18.3 Å². The Balaban J connectivity index is 2.39. The molecule has 1 heterocycles. The number of aromatic nitrogens is 1. The molecule has 0 aliphatic rings. The third-order valence-electron chi connectivity index (χ3n) is 5.17. The average molecular weight is 422 g/mol. The van der Waals surface area contributed by atoms with Crippen molar-refractivity contribution in [3.8, 4) is 11.3 Å². The molecule has 1 N–H and O–H groups in total. The zero-order valence-corrected chi connectivity index (χ0v) is 18.9. The van der Waals surface area contributed by atoms with Crippen molar-refractivity contribution in [2.24, 2.45) is 5.92 Å². The van der Waals surface area contributed by atoms with Crippen LogP contribution in [0.1, 0.15) is 39.7 Å². The summed E-state index contributed by atoms with van der Waals surface area (Å²) in [6.07, 6.45) is 0.436. The SMILES string of the molecule is CCN(CC)c1onc(-c2ccc(F)cc2)c1CN(CCC(C)C)C[C@@H](O)COC. The lowest BCUT2D eigenvalue weighted by molar-refractivity contribution is 0.0348. The quantitative estimate of drug-likeness (QED) is 0.523. The van der Waals surface area contributed by atoms with E-state index in [1.165, 1.54) is 12.1 Å². The molecule has 0 bridgehead atoms. The van der Waals surface area contributed by atoms with E-state index < -0.39 is 6.10 Å². The van der Waals surface area contributed by atoms with Gasteiger partial charge in [0.1, 0.15) is 11.5 Å². The number of benzene rings is 1. The van der Waals surface area contributed by atoms with E-state index in [1.54, 1.807) is 19.2 Å². The van der Waals surface area contributed by atoms with Gasteiger partial charge in [-0.2, -0.15) is 0 Å². The fourth-order valence-electron chi connectivity index (χ4n) is 3.48. The summed E-state index contributed by atoms with van der Waals surface area (Å²) < 4.78 is 24.3. The molecule has 1 aromatic heterocycles. The Morgan fingerprint density at radius 1 is 1.17 bits per heavy atom. The van der Waals surface area contributed by atoms with Gasteiger partial charge in [-0.15, -0.1) is 0 Å². The number of aliphatic hydroxyl groups excluding tert-OH is 1. The highest BCUT2D eigenvalue weighted by molar-refractivity contribution is 5.68. The van der Waals surface area contributed by atoms with Crippen molar-refractivity contribution in [3.63, 3.8) is 0 Å². The Hall–Kier alpha value is -1.96. The lowest BCUT2D eigenvalue weighted by Gasteiger charge is -2.27. The highest BCUT2D eigenvalue weighted by Crippen LogP contribution is 2.32. The molecule has 2 rings (SSSR count). The van der Waals surface area contributed by atoms with Crippen LogP contribution in [0.2, 0.25) is 0 Å². The van der Waals surface area contributed by atoms with E-state index in [2.05, 4.69) is 42.7 Å². The van der Waals surface area contributed by atoms with E-state index in [1.807, 2.05) is 0 Å². The molecule has 0 amide bonds. The van der Waals surface area contributed by atoms with Crippen LogP contribution in [0.3, 0.4) is 0 Å². The highest BCUT2D eigenvalue weighted by Gasteiger charge is 2.24. The molecule has 0 unspecified atom stereocenters. The molecule has 0 saturated heterocycles. The Labute approximate surface area is 179 Å². The van der Waals surface area contributed by atoms with E-state index in [9.17, 15) is 9.50 Å². The number of aliphatic hydroxyl groups is 1. The monoisotopic (exact) mass is 421 g/mol. The number of rotatable bonds is 13. The number of anilines is 1. The summed E-state index contributed by atoms with van der Waals surface area (Å²) in [6.45, 7) is 12.3. The van der Waals surface area contributed by atoms with E-state index in [0.29, 0.717) is 24.7 Å². The fraction of sp³-hybridized carbons (Fsp3) is 0.609.